The topological polar surface area (TPSA) is 115 Å². The number of aromatic nitrogens is 4. The molecule has 150 valence electrons. The number of H-pyrrole nitrogens is 2. The molecule has 0 amide bonds. The first kappa shape index (κ1) is 19.4. The van der Waals surface area contributed by atoms with E-state index in [1.165, 1.54) is 6.92 Å². The predicted octanol–water partition coefficient (Wildman–Crippen LogP) is 4.11. The van der Waals surface area contributed by atoms with Crippen molar-refractivity contribution in [3.8, 4) is 0 Å². The van der Waals surface area contributed by atoms with E-state index in [0.717, 1.165) is 44.8 Å². The van der Waals surface area contributed by atoms with Gasteiger partial charge in [-0.1, -0.05) is 0 Å². The lowest BCUT2D eigenvalue weighted by Gasteiger charge is -1.89. The van der Waals surface area contributed by atoms with Gasteiger partial charge in [0.1, 0.15) is 6.10 Å². The molecule has 1 unspecified atom stereocenters. The summed E-state index contributed by atoms with van der Waals surface area (Å²) in [6.45, 7) is 1.20. The number of hydrogen-bond acceptors (Lipinski definition) is 4. The molecule has 4 N–H and O–H groups in total. The van der Waals surface area contributed by atoms with Gasteiger partial charge >= 0.3 is 5.97 Å². The first-order valence-electron chi connectivity index (χ1n) is 9.40. The van der Waals surface area contributed by atoms with E-state index < -0.39 is 12.1 Å². The van der Waals surface area contributed by atoms with E-state index in [1.807, 2.05) is 48.6 Å². The number of aliphatic carboxylic acids is 1. The third kappa shape index (κ3) is 4.71. The second kappa shape index (κ2) is 8.18. The van der Waals surface area contributed by atoms with Crippen molar-refractivity contribution in [1.82, 2.24) is 19.9 Å². The van der Waals surface area contributed by atoms with E-state index in [1.54, 1.807) is 0 Å². The van der Waals surface area contributed by atoms with E-state index >= 15 is 0 Å². The Morgan fingerprint density at radius 2 is 1.00 bits per heavy atom. The highest BCUT2D eigenvalue weighted by molar-refractivity contribution is 5.77. The Balaban J connectivity index is 0.000000322. The van der Waals surface area contributed by atoms with E-state index in [0.29, 0.717) is 0 Å². The van der Waals surface area contributed by atoms with Crippen LogP contribution >= 0.6 is 0 Å². The van der Waals surface area contributed by atoms with Crippen molar-refractivity contribution in [2.45, 2.75) is 13.0 Å². The zero-order valence-corrected chi connectivity index (χ0v) is 16.2. The first-order valence-corrected chi connectivity index (χ1v) is 9.40. The summed E-state index contributed by atoms with van der Waals surface area (Å²) >= 11 is 0. The molecular formula is C23H20N4O3. The van der Waals surface area contributed by atoms with Crippen molar-refractivity contribution in [3.05, 3.63) is 71.3 Å². The minimum atomic E-state index is -1.23. The number of aliphatic hydroxyl groups excluding tert-OH is 1. The fourth-order valence-electron chi connectivity index (χ4n) is 2.94. The van der Waals surface area contributed by atoms with E-state index in [2.05, 4.69) is 44.2 Å². The molecule has 7 heteroatoms. The van der Waals surface area contributed by atoms with Crippen molar-refractivity contribution < 1.29 is 15.0 Å². The molecule has 0 aliphatic carbocycles. The Bertz CT molecular complexity index is 1140. The molecule has 8 bridgehead atoms. The maximum atomic E-state index is 9.45. The highest BCUT2D eigenvalue weighted by Crippen LogP contribution is 2.16. The number of nitrogens with zero attached hydrogens (tertiary/aromatic N) is 2. The van der Waals surface area contributed by atoms with Gasteiger partial charge in [-0.25, -0.2) is 14.8 Å². The molecule has 7 nitrogen and oxygen atoms in total. The molecule has 3 aromatic heterocycles. The second-order valence-electron chi connectivity index (χ2n) is 6.92. The zero-order chi connectivity index (χ0) is 21.1. The van der Waals surface area contributed by atoms with Crippen molar-refractivity contribution in [2.75, 3.05) is 0 Å². The fraction of sp³-hybridized carbons (Fsp3) is 0.0870. The van der Waals surface area contributed by atoms with Crippen LogP contribution in [0, 0.1) is 0 Å². The number of nitrogens with one attached hydrogen (secondary N) is 2. The molecule has 0 saturated heterocycles. The van der Waals surface area contributed by atoms with Gasteiger partial charge in [-0.3, -0.25) is 0 Å². The standard InChI is InChI=1S/C20H14N4.C3H6O3/c1-2-14-10-16-5-6-18(23-16)12-20-8-7-19(24-20)11-17-4-3-15(22-17)9-13(1)21-14;1-2(4)3(5)6/h1-12,21,24H;2,4H,1H3,(H,5,6). The molecule has 30 heavy (non-hydrogen) atoms. The summed E-state index contributed by atoms with van der Waals surface area (Å²) in [5.41, 5.74) is 7.86. The molecule has 0 fully saturated rings. The summed E-state index contributed by atoms with van der Waals surface area (Å²) in [6, 6.07) is 16.4. The van der Waals surface area contributed by atoms with E-state index in [4.69, 9.17) is 10.2 Å². The van der Waals surface area contributed by atoms with Gasteiger partial charge in [0, 0.05) is 22.1 Å². The largest absolute Gasteiger partial charge is 0.479 e. The maximum Gasteiger partial charge on any atom is 0.332 e. The normalized spacial score (nSPS) is 12.9. The minimum absolute atomic E-state index is 0.939. The summed E-state index contributed by atoms with van der Waals surface area (Å²) < 4.78 is 0. The highest BCUT2D eigenvalue weighted by atomic mass is 16.4. The van der Waals surface area contributed by atoms with E-state index in [9.17, 15) is 4.79 Å². The molecule has 2 aliphatic rings. The molecule has 0 spiro atoms. The van der Waals surface area contributed by atoms with Crippen molar-refractivity contribution in [3.63, 3.8) is 0 Å². The summed E-state index contributed by atoms with van der Waals surface area (Å²) in [5, 5.41) is 15.8. The van der Waals surface area contributed by atoms with Crippen LogP contribution in [0.1, 0.15) is 29.7 Å². The van der Waals surface area contributed by atoms with Gasteiger partial charge in [-0.2, -0.15) is 0 Å². The number of carboxylic acids is 1. The number of rotatable bonds is 1. The summed E-state index contributed by atoms with van der Waals surface area (Å²) in [6.07, 6.45) is 6.86. The monoisotopic (exact) mass is 400 g/mol. The summed E-state index contributed by atoms with van der Waals surface area (Å²) in [5.74, 6) is -1.19. The summed E-state index contributed by atoms with van der Waals surface area (Å²) in [7, 11) is 0. The molecule has 5 heterocycles. The van der Waals surface area contributed by atoms with Crippen LogP contribution in [0.4, 0.5) is 0 Å². The molecule has 0 aromatic carbocycles. The number of fused-ring (bicyclic) bond motifs is 8. The van der Waals surface area contributed by atoms with Crippen molar-refractivity contribution in [1.29, 1.82) is 0 Å². The average molecular weight is 400 g/mol. The third-order valence-electron chi connectivity index (χ3n) is 4.40. The number of aromatic amines is 2. The van der Waals surface area contributed by atoms with Crippen LogP contribution in [0.2, 0.25) is 0 Å². The van der Waals surface area contributed by atoms with Gasteiger partial charge in [-0.15, -0.1) is 0 Å². The second-order valence-corrected chi connectivity index (χ2v) is 6.92. The van der Waals surface area contributed by atoms with Crippen LogP contribution in [0.25, 0.3) is 46.4 Å². The molecule has 0 radical (unpaired) electrons. The quantitative estimate of drug-likeness (QED) is 0.338. The van der Waals surface area contributed by atoms with Crippen LogP contribution in [-0.2, 0) is 4.79 Å². The number of carboxylic acid groups (broad SMARTS) is 1. The van der Waals surface area contributed by atoms with Gasteiger partial charge in [-0.05, 0) is 79.8 Å². The lowest BCUT2D eigenvalue weighted by atomic mass is 10.3. The lowest BCUT2D eigenvalue weighted by molar-refractivity contribution is -0.145. The van der Waals surface area contributed by atoms with Gasteiger partial charge in [0.25, 0.3) is 0 Å². The number of carbonyl (C=O) groups is 1. The zero-order valence-electron chi connectivity index (χ0n) is 16.2. The molecule has 3 aromatic rings. The van der Waals surface area contributed by atoms with Crippen LogP contribution in [0.3, 0.4) is 0 Å². The van der Waals surface area contributed by atoms with E-state index in [-0.39, 0.29) is 0 Å². The van der Waals surface area contributed by atoms with Crippen LogP contribution < -0.4 is 0 Å². The van der Waals surface area contributed by atoms with Crippen LogP contribution in [-0.4, -0.2) is 42.2 Å². The third-order valence-corrected chi connectivity index (χ3v) is 4.40. The van der Waals surface area contributed by atoms with Crippen LogP contribution in [0.5, 0.6) is 0 Å². The Morgan fingerprint density at radius 3 is 1.23 bits per heavy atom. The lowest BCUT2D eigenvalue weighted by Crippen LogP contribution is -2.13. The minimum Gasteiger partial charge on any atom is -0.479 e. The summed E-state index contributed by atoms with van der Waals surface area (Å²) in [4.78, 5) is 25.5. The fourth-order valence-corrected chi connectivity index (χ4v) is 2.94. The molecule has 0 saturated carbocycles. The van der Waals surface area contributed by atoms with Crippen molar-refractivity contribution >= 4 is 52.3 Å². The Morgan fingerprint density at radius 1 is 0.733 bits per heavy atom. The van der Waals surface area contributed by atoms with Crippen molar-refractivity contribution in [2.24, 2.45) is 0 Å². The average Bonchev–Trinajstić information content (AvgIpc) is 3.47. The van der Waals surface area contributed by atoms with Gasteiger partial charge in [0.15, 0.2) is 0 Å². The number of hydrogen-bond donors (Lipinski definition) is 4. The van der Waals surface area contributed by atoms with Crippen LogP contribution in [0.15, 0.2) is 48.5 Å². The molecule has 2 aliphatic heterocycles. The Hall–Kier alpha value is -3.97. The smallest absolute Gasteiger partial charge is 0.332 e. The van der Waals surface area contributed by atoms with Gasteiger partial charge in [0.2, 0.25) is 0 Å². The van der Waals surface area contributed by atoms with Gasteiger partial charge in [0.05, 0.1) is 22.8 Å². The van der Waals surface area contributed by atoms with Gasteiger partial charge < -0.3 is 20.2 Å². The molecule has 5 rings (SSSR count). The number of aliphatic hydroxyl groups is 1. The molecule has 1 atom stereocenters. The SMILES string of the molecule is C1=Cc2cc3ccc(cc4nc(cc5ccc(cc1n2)[nH]5)C=C4)[nH]3.CC(O)C(=O)O. The first-order chi connectivity index (χ1) is 14.4. The molecular weight excluding hydrogens is 380 g/mol. The predicted molar refractivity (Wildman–Crippen MR) is 118 cm³/mol. The Kier molecular flexibility index (Phi) is 5.28. The highest BCUT2D eigenvalue weighted by Gasteiger charge is 2.02. The Labute approximate surface area is 172 Å². The maximum absolute atomic E-state index is 9.45.